The lowest BCUT2D eigenvalue weighted by molar-refractivity contribution is -0.385. The molecule has 0 aromatic heterocycles. The van der Waals surface area contributed by atoms with Gasteiger partial charge in [-0.1, -0.05) is 12.1 Å². The zero-order valence-corrected chi connectivity index (χ0v) is 14.4. The first-order chi connectivity index (χ1) is 12.4. The van der Waals surface area contributed by atoms with Crippen molar-refractivity contribution in [3.8, 4) is 17.2 Å². The maximum Gasteiger partial charge on any atom is 0.336 e. The Morgan fingerprint density at radius 3 is 2.08 bits per heavy atom. The Morgan fingerprint density at radius 2 is 1.62 bits per heavy atom. The van der Waals surface area contributed by atoms with Crippen molar-refractivity contribution in [3.05, 3.63) is 57.6 Å². The predicted octanol–water partition coefficient (Wildman–Crippen LogP) is 3.25. The molecule has 0 spiro atoms. The first-order valence-electron chi connectivity index (χ1n) is 7.41. The van der Waals surface area contributed by atoms with Crippen LogP contribution < -0.4 is 14.2 Å². The number of benzene rings is 2. The van der Waals surface area contributed by atoms with Crippen LogP contribution in [0.5, 0.6) is 17.2 Å². The first kappa shape index (κ1) is 18.8. The van der Waals surface area contributed by atoms with E-state index in [4.69, 9.17) is 14.2 Å². The predicted molar refractivity (Wildman–Crippen MR) is 94.7 cm³/mol. The number of hydrogen-bond acceptors (Lipinski definition) is 6. The zero-order valence-electron chi connectivity index (χ0n) is 14.4. The third-order valence-corrected chi connectivity index (χ3v) is 3.66. The van der Waals surface area contributed by atoms with E-state index in [0.717, 1.165) is 0 Å². The lowest BCUT2D eigenvalue weighted by atomic mass is 10.0. The van der Waals surface area contributed by atoms with Gasteiger partial charge in [-0.05, 0) is 29.8 Å². The van der Waals surface area contributed by atoms with Crippen LogP contribution in [-0.4, -0.2) is 37.3 Å². The van der Waals surface area contributed by atoms with Crippen molar-refractivity contribution >= 4 is 23.3 Å². The number of nitrogens with zero attached hydrogens (tertiary/aromatic N) is 1. The van der Waals surface area contributed by atoms with Crippen LogP contribution in [0.3, 0.4) is 0 Å². The topological polar surface area (TPSA) is 108 Å². The molecule has 0 aliphatic heterocycles. The van der Waals surface area contributed by atoms with E-state index < -0.39 is 10.9 Å². The van der Waals surface area contributed by atoms with E-state index in [-0.39, 0.29) is 28.3 Å². The number of carboxylic acid groups (broad SMARTS) is 1. The van der Waals surface area contributed by atoms with Crippen molar-refractivity contribution in [2.24, 2.45) is 0 Å². The van der Waals surface area contributed by atoms with Gasteiger partial charge in [-0.15, -0.1) is 0 Å². The maximum atomic E-state index is 11.7. The highest BCUT2D eigenvalue weighted by molar-refractivity contribution is 6.21. The summed E-state index contributed by atoms with van der Waals surface area (Å²) in [6.45, 7) is 0. The minimum atomic E-state index is -1.22. The van der Waals surface area contributed by atoms with E-state index in [9.17, 15) is 20.0 Å². The largest absolute Gasteiger partial charge is 0.497 e. The SMILES string of the molecule is COc1ccc(/C(=C\c2cc(OC)c(OC)cc2[N+](=O)[O-])C(=O)O)cc1. The van der Waals surface area contributed by atoms with Crippen LogP contribution in [0.25, 0.3) is 11.6 Å². The molecule has 0 saturated heterocycles. The molecule has 8 nitrogen and oxygen atoms in total. The Morgan fingerprint density at radius 1 is 1.04 bits per heavy atom. The van der Waals surface area contributed by atoms with Gasteiger partial charge in [0, 0.05) is 0 Å². The van der Waals surface area contributed by atoms with Crippen molar-refractivity contribution in [2.45, 2.75) is 0 Å². The quantitative estimate of drug-likeness (QED) is 0.350. The number of ether oxygens (including phenoxy) is 3. The van der Waals surface area contributed by atoms with Crippen molar-refractivity contribution in [1.29, 1.82) is 0 Å². The highest BCUT2D eigenvalue weighted by Gasteiger charge is 2.20. The Bertz CT molecular complexity index is 857. The van der Waals surface area contributed by atoms with Crippen molar-refractivity contribution in [1.82, 2.24) is 0 Å². The Labute approximate surface area is 149 Å². The summed E-state index contributed by atoms with van der Waals surface area (Å²) in [4.78, 5) is 22.5. The smallest absolute Gasteiger partial charge is 0.336 e. The molecule has 0 radical (unpaired) electrons. The number of nitro groups is 1. The van der Waals surface area contributed by atoms with Crippen LogP contribution in [0.15, 0.2) is 36.4 Å². The van der Waals surface area contributed by atoms with E-state index in [0.29, 0.717) is 11.3 Å². The average Bonchev–Trinajstić information content (AvgIpc) is 2.65. The molecule has 8 heteroatoms. The number of carboxylic acids is 1. The van der Waals surface area contributed by atoms with Crippen molar-refractivity contribution in [2.75, 3.05) is 21.3 Å². The molecule has 0 aliphatic rings. The molecule has 0 atom stereocenters. The number of carbonyl (C=O) groups is 1. The molecule has 0 aliphatic carbocycles. The van der Waals surface area contributed by atoms with Gasteiger partial charge in [-0.2, -0.15) is 0 Å². The highest BCUT2D eigenvalue weighted by Crippen LogP contribution is 2.36. The van der Waals surface area contributed by atoms with Gasteiger partial charge in [0.15, 0.2) is 11.5 Å². The van der Waals surface area contributed by atoms with E-state index in [1.165, 1.54) is 39.5 Å². The summed E-state index contributed by atoms with van der Waals surface area (Å²) in [5.74, 6) is -0.226. The van der Waals surface area contributed by atoms with Gasteiger partial charge >= 0.3 is 5.97 Å². The summed E-state index contributed by atoms with van der Waals surface area (Å²) in [5.41, 5.74) is 0.0566. The van der Waals surface area contributed by atoms with Crippen molar-refractivity contribution in [3.63, 3.8) is 0 Å². The van der Waals surface area contributed by atoms with E-state index in [1.54, 1.807) is 24.3 Å². The number of aliphatic carboxylic acids is 1. The van der Waals surface area contributed by atoms with E-state index in [1.807, 2.05) is 0 Å². The van der Waals surface area contributed by atoms with Gasteiger partial charge in [-0.25, -0.2) is 4.79 Å². The zero-order chi connectivity index (χ0) is 19.3. The minimum absolute atomic E-state index is 0.0841. The summed E-state index contributed by atoms with van der Waals surface area (Å²) in [5, 5.41) is 20.9. The number of methoxy groups -OCH3 is 3. The number of rotatable bonds is 7. The Kier molecular flexibility index (Phi) is 5.79. The third-order valence-electron chi connectivity index (χ3n) is 3.66. The Hall–Kier alpha value is -3.55. The van der Waals surface area contributed by atoms with Gasteiger partial charge in [0.05, 0.1) is 43.5 Å². The van der Waals surface area contributed by atoms with Gasteiger partial charge in [0.1, 0.15) is 5.75 Å². The van der Waals surface area contributed by atoms with Crippen LogP contribution in [0.1, 0.15) is 11.1 Å². The molecule has 0 bridgehead atoms. The lowest BCUT2D eigenvalue weighted by Crippen LogP contribution is -2.01. The van der Waals surface area contributed by atoms with Crippen LogP contribution in [0.2, 0.25) is 0 Å². The first-order valence-corrected chi connectivity index (χ1v) is 7.41. The van der Waals surface area contributed by atoms with Gasteiger partial charge in [-0.3, -0.25) is 10.1 Å². The van der Waals surface area contributed by atoms with Gasteiger partial charge in [0.25, 0.3) is 5.69 Å². The molecular weight excluding hydrogens is 342 g/mol. The van der Waals surface area contributed by atoms with Crippen LogP contribution >= 0.6 is 0 Å². The molecule has 2 aromatic carbocycles. The molecule has 0 amide bonds. The van der Waals surface area contributed by atoms with Crippen LogP contribution in [0.4, 0.5) is 5.69 Å². The summed E-state index contributed by atoms with van der Waals surface area (Å²) in [7, 11) is 4.24. The summed E-state index contributed by atoms with van der Waals surface area (Å²) in [6, 6.07) is 8.89. The maximum absolute atomic E-state index is 11.7. The molecule has 2 rings (SSSR count). The second-order valence-corrected chi connectivity index (χ2v) is 5.11. The molecule has 0 heterocycles. The van der Waals surface area contributed by atoms with E-state index >= 15 is 0 Å². The van der Waals surface area contributed by atoms with Crippen LogP contribution in [-0.2, 0) is 4.79 Å². The normalized spacial score (nSPS) is 11.0. The summed E-state index contributed by atoms with van der Waals surface area (Å²) < 4.78 is 15.3. The molecule has 0 fully saturated rings. The second kappa shape index (κ2) is 8.02. The number of hydrogen-bond donors (Lipinski definition) is 1. The van der Waals surface area contributed by atoms with Gasteiger partial charge < -0.3 is 19.3 Å². The minimum Gasteiger partial charge on any atom is -0.497 e. The van der Waals surface area contributed by atoms with Crippen molar-refractivity contribution < 1.29 is 29.0 Å². The van der Waals surface area contributed by atoms with Crippen LogP contribution in [0, 0.1) is 10.1 Å². The molecular formula is C18H17NO7. The summed E-state index contributed by atoms with van der Waals surface area (Å²) in [6.07, 6.45) is 1.23. The fraction of sp³-hybridized carbons (Fsp3) is 0.167. The average molecular weight is 359 g/mol. The molecule has 136 valence electrons. The highest BCUT2D eigenvalue weighted by atomic mass is 16.6. The fourth-order valence-electron chi connectivity index (χ4n) is 2.35. The molecule has 1 N–H and O–H groups in total. The third kappa shape index (κ3) is 3.92. The van der Waals surface area contributed by atoms with E-state index in [2.05, 4.69) is 0 Å². The Balaban J connectivity index is 2.65. The number of nitro benzene ring substituents is 1. The second-order valence-electron chi connectivity index (χ2n) is 5.11. The lowest BCUT2D eigenvalue weighted by Gasteiger charge is -2.10. The molecule has 0 saturated carbocycles. The monoisotopic (exact) mass is 359 g/mol. The molecule has 26 heavy (non-hydrogen) atoms. The molecule has 2 aromatic rings. The summed E-state index contributed by atoms with van der Waals surface area (Å²) >= 11 is 0. The molecule has 0 unspecified atom stereocenters. The van der Waals surface area contributed by atoms with Gasteiger partial charge in [0.2, 0.25) is 0 Å². The fourth-order valence-corrected chi connectivity index (χ4v) is 2.35. The standard InChI is InChI=1S/C18H17NO7/c1-24-13-6-4-11(5-7-13)14(18(20)21)8-12-9-16(25-2)17(26-3)10-15(12)19(22)23/h4-10H,1-3H3,(H,20,21)/b14-8+.